The van der Waals surface area contributed by atoms with E-state index in [2.05, 4.69) is 73.9 Å². The van der Waals surface area contributed by atoms with Gasteiger partial charge in [-0.15, -0.1) is 10.2 Å². The summed E-state index contributed by atoms with van der Waals surface area (Å²) in [6, 6.07) is 6.33. The molecule has 0 aliphatic rings. The Morgan fingerprint density at radius 2 is 2.12 bits per heavy atom. The average molecular weight is 370 g/mol. The lowest BCUT2D eigenvalue weighted by molar-refractivity contribution is -0.671. The number of nitrogens with zero attached hydrogens (tertiary/aromatic N) is 6. The lowest BCUT2D eigenvalue weighted by Crippen LogP contribution is -2.28. The summed E-state index contributed by atoms with van der Waals surface area (Å²) in [5.41, 5.74) is 3.21. The molecule has 26 heavy (non-hydrogen) atoms. The number of aromatic nitrogens is 3. The van der Waals surface area contributed by atoms with Crippen molar-refractivity contribution in [3.05, 3.63) is 53.6 Å². The molecule has 0 bridgehead atoms. The highest BCUT2D eigenvalue weighted by Gasteiger charge is 2.09. The van der Waals surface area contributed by atoms with E-state index in [0.717, 1.165) is 35.8 Å². The molecule has 0 fully saturated rings. The van der Waals surface area contributed by atoms with Crippen LogP contribution in [0, 0.1) is 13.8 Å². The number of aryl methyl sites for hydroxylation is 3. The predicted molar refractivity (Wildman–Crippen MR) is 106 cm³/mol. The second-order valence-electron chi connectivity index (χ2n) is 6.32. The van der Waals surface area contributed by atoms with Crippen LogP contribution in [0.2, 0.25) is 0 Å². The predicted octanol–water partition coefficient (Wildman–Crippen LogP) is 4.33. The summed E-state index contributed by atoms with van der Waals surface area (Å²) in [6.07, 6.45) is 8.08. The van der Waals surface area contributed by atoms with E-state index in [1.165, 1.54) is 5.69 Å². The van der Waals surface area contributed by atoms with Gasteiger partial charge in [-0.25, -0.2) is 14.1 Å². The summed E-state index contributed by atoms with van der Waals surface area (Å²) >= 11 is 1.55. The molecule has 0 unspecified atom stereocenters. The first kappa shape index (κ1) is 18.3. The molecule has 0 amide bonds. The van der Waals surface area contributed by atoms with Crippen LogP contribution < -0.4 is 9.47 Å². The lowest BCUT2D eigenvalue weighted by Gasteiger charge is -2.22. The van der Waals surface area contributed by atoms with Crippen LogP contribution in [-0.4, -0.2) is 22.6 Å². The van der Waals surface area contributed by atoms with Crippen molar-refractivity contribution >= 4 is 27.8 Å². The highest BCUT2D eigenvalue weighted by molar-refractivity contribution is 7.15. The van der Waals surface area contributed by atoms with Gasteiger partial charge in [0.1, 0.15) is 18.9 Å². The first-order chi connectivity index (χ1) is 12.5. The smallest absolute Gasteiger partial charge is 0.243 e. The van der Waals surface area contributed by atoms with E-state index >= 15 is 0 Å². The first-order valence-corrected chi connectivity index (χ1v) is 9.57. The van der Waals surface area contributed by atoms with Crippen molar-refractivity contribution < 1.29 is 4.57 Å². The van der Waals surface area contributed by atoms with Crippen LogP contribution in [0.25, 0.3) is 0 Å². The fourth-order valence-corrected chi connectivity index (χ4v) is 3.35. The zero-order valence-corrected chi connectivity index (χ0v) is 16.6. The van der Waals surface area contributed by atoms with E-state index in [1.54, 1.807) is 11.3 Å². The second kappa shape index (κ2) is 8.23. The molecule has 0 saturated carbocycles. The van der Waals surface area contributed by atoms with Crippen LogP contribution in [-0.2, 0) is 13.6 Å². The van der Waals surface area contributed by atoms with Crippen molar-refractivity contribution in [2.24, 2.45) is 17.3 Å². The number of benzene rings is 1. The van der Waals surface area contributed by atoms with Gasteiger partial charge >= 0.3 is 0 Å². The van der Waals surface area contributed by atoms with Crippen molar-refractivity contribution in [3.8, 4) is 0 Å². The Kier molecular flexibility index (Phi) is 5.78. The third kappa shape index (κ3) is 4.54. The third-order valence-electron chi connectivity index (χ3n) is 4.23. The molecule has 1 aromatic carbocycles. The van der Waals surface area contributed by atoms with Crippen LogP contribution in [0.15, 0.2) is 53.3 Å². The van der Waals surface area contributed by atoms with E-state index in [1.807, 2.05) is 26.2 Å². The summed E-state index contributed by atoms with van der Waals surface area (Å²) in [4.78, 5) is 7.73. The minimum atomic E-state index is 0.695. The van der Waals surface area contributed by atoms with Crippen LogP contribution in [0.4, 0.5) is 16.5 Å². The van der Waals surface area contributed by atoms with E-state index in [9.17, 15) is 0 Å². The number of imidazole rings is 1. The first-order valence-electron chi connectivity index (χ1n) is 8.76. The maximum Gasteiger partial charge on any atom is 0.243 e. The molecular weight excluding hydrogens is 344 g/mol. The van der Waals surface area contributed by atoms with Gasteiger partial charge in [0.05, 0.1) is 19.3 Å². The number of rotatable bonds is 7. The Labute approximate surface area is 158 Å². The van der Waals surface area contributed by atoms with E-state index < -0.39 is 0 Å². The number of azo groups is 1. The quantitative estimate of drug-likeness (QED) is 0.460. The summed E-state index contributed by atoms with van der Waals surface area (Å²) in [7, 11) is 2.04. The molecule has 0 spiro atoms. The van der Waals surface area contributed by atoms with Crippen molar-refractivity contribution in [2.45, 2.75) is 27.3 Å². The summed E-state index contributed by atoms with van der Waals surface area (Å²) < 4.78 is 4.26. The van der Waals surface area contributed by atoms with Gasteiger partial charge in [0.15, 0.2) is 0 Å². The van der Waals surface area contributed by atoms with Gasteiger partial charge in [0, 0.05) is 23.3 Å². The molecule has 0 radical (unpaired) electrons. The number of hydrogen-bond donors (Lipinski definition) is 0. The highest BCUT2D eigenvalue weighted by atomic mass is 32.1. The normalized spacial score (nSPS) is 11.4. The van der Waals surface area contributed by atoms with Gasteiger partial charge in [-0.3, -0.25) is 0 Å². The summed E-state index contributed by atoms with van der Waals surface area (Å²) in [5, 5.41) is 9.30. The maximum atomic E-state index is 4.36. The minimum Gasteiger partial charge on any atom is -0.368 e. The van der Waals surface area contributed by atoms with Gasteiger partial charge in [-0.05, 0) is 44.5 Å². The van der Waals surface area contributed by atoms with Crippen LogP contribution in [0.3, 0.4) is 0 Å². The topological polar surface area (TPSA) is 49.7 Å². The highest BCUT2D eigenvalue weighted by Crippen LogP contribution is 2.28. The summed E-state index contributed by atoms with van der Waals surface area (Å²) in [6.45, 7) is 9.16. The Balaban J connectivity index is 1.69. The number of likely N-dealkylation sites (N-methyl/N-ethyl adjacent to an activating group) is 1. The fraction of sp³-hybridized carbons (Fsp3) is 0.368. The molecule has 7 heteroatoms. The molecule has 0 aliphatic heterocycles. The number of thiazole rings is 1. The molecule has 136 valence electrons. The largest absolute Gasteiger partial charge is 0.368 e. The van der Waals surface area contributed by atoms with E-state index in [0.29, 0.717) is 5.13 Å². The number of hydrogen-bond acceptors (Lipinski definition) is 5. The van der Waals surface area contributed by atoms with Crippen LogP contribution >= 0.6 is 11.3 Å². The standard InChI is InChI=1S/C19H25N6S/c1-5-25(11-10-24-9-8-23(4)14-24)17-6-7-18(15(2)12-17)21-22-19-20-13-16(3)26-19/h6-9,12-14H,5,10-11H2,1-4H3/q+1/b22-21+. The zero-order chi connectivity index (χ0) is 18.5. The van der Waals surface area contributed by atoms with Gasteiger partial charge in [-0.1, -0.05) is 11.3 Å². The Morgan fingerprint density at radius 3 is 2.73 bits per heavy atom. The van der Waals surface area contributed by atoms with Gasteiger partial charge in [0.25, 0.3) is 0 Å². The van der Waals surface area contributed by atoms with Crippen molar-refractivity contribution in [1.82, 2.24) is 9.55 Å². The van der Waals surface area contributed by atoms with E-state index in [4.69, 9.17) is 0 Å². The Hall–Kier alpha value is -2.54. The molecule has 3 rings (SSSR count). The fourth-order valence-electron chi connectivity index (χ4n) is 2.77. The Bertz CT molecular complexity index is 895. The lowest BCUT2D eigenvalue weighted by atomic mass is 10.1. The van der Waals surface area contributed by atoms with Crippen molar-refractivity contribution in [3.63, 3.8) is 0 Å². The maximum absolute atomic E-state index is 4.36. The molecule has 6 nitrogen and oxygen atoms in total. The molecule has 0 aliphatic carbocycles. The Morgan fingerprint density at radius 1 is 1.27 bits per heavy atom. The van der Waals surface area contributed by atoms with Crippen LogP contribution in [0.1, 0.15) is 17.4 Å². The van der Waals surface area contributed by atoms with Gasteiger partial charge in [0.2, 0.25) is 11.5 Å². The molecule has 3 aromatic rings. The van der Waals surface area contributed by atoms with Crippen molar-refractivity contribution in [1.29, 1.82) is 0 Å². The van der Waals surface area contributed by atoms with Crippen molar-refractivity contribution in [2.75, 3.05) is 18.0 Å². The average Bonchev–Trinajstić information content (AvgIpc) is 3.23. The third-order valence-corrected chi connectivity index (χ3v) is 5.03. The molecule has 0 N–H and O–H groups in total. The van der Waals surface area contributed by atoms with E-state index in [-0.39, 0.29) is 0 Å². The van der Waals surface area contributed by atoms with Gasteiger partial charge < -0.3 is 4.90 Å². The van der Waals surface area contributed by atoms with Crippen LogP contribution in [0.5, 0.6) is 0 Å². The molecule has 0 saturated heterocycles. The second-order valence-corrected chi connectivity index (χ2v) is 7.53. The minimum absolute atomic E-state index is 0.695. The zero-order valence-electron chi connectivity index (χ0n) is 15.8. The SMILES string of the molecule is CCN(CCn1cc[n+](C)c1)c1ccc(/N=N/c2ncc(C)s2)c(C)c1. The van der Waals surface area contributed by atoms with Gasteiger partial charge in [-0.2, -0.15) is 0 Å². The molecule has 2 heterocycles. The summed E-state index contributed by atoms with van der Waals surface area (Å²) in [5.74, 6) is 0. The monoisotopic (exact) mass is 369 g/mol. The molecule has 0 atom stereocenters. The number of anilines is 1. The molecule has 2 aromatic heterocycles. The molecular formula is C19H25N6S+.